The molecule has 2 aromatic rings. The van der Waals surface area contributed by atoms with Crippen LogP contribution in [0.15, 0.2) is 48.5 Å². The van der Waals surface area contributed by atoms with Crippen LogP contribution in [-0.4, -0.2) is 25.1 Å². The Morgan fingerprint density at radius 1 is 1.04 bits per heavy atom. The molecule has 0 saturated heterocycles. The van der Waals surface area contributed by atoms with Crippen LogP contribution in [0.3, 0.4) is 0 Å². The fraction of sp³-hybridized carbons (Fsp3) is 0.158. The van der Waals surface area contributed by atoms with Crippen molar-refractivity contribution in [2.75, 3.05) is 23.8 Å². The van der Waals surface area contributed by atoms with E-state index in [-0.39, 0.29) is 25.1 Å². The van der Waals surface area contributed by atoms with Crippen LogP contribution in [0.1, 0.15) is 6.92 Å². The molecule has 6 nitrogen and oxygen atoms in total. The van der Waals surface area contributed by atoms with Gasteiger partial charge in [-0.15, -0.1) is 0 Å². The molecule has 0 atom stereocenters. The molecule has 0 aromatic heterocycles. The lowest BCUT2D eigenvalue weighted by molar-refractivity contribution is -0.114. The van der Waals surface area contributed by atoms with Crippen LogP contribution in [0.25, 0.3) is 0 Å². The maximum absolute atomic E-state index is 11.7. The van der Waals surface area contributed by atoms with Gasteiger partial charge in [-0.05, 0) is 36.4 Å². The Balaban J connectivity index is 1.69. The van der Waals surface area contributed by atoms with E-state index in [9.17, 15) is 9.59 Å². The highest BCUT2D eigenvalue weighted by molar-refractivity contribution is 6.30. The summed E-state index contributed by atoms with van der Waals surface area (Å²) in [6.07, 6.45) is 0. The van der Waals surface area contributed by atoms with Crippen LogP contribution in [-0.2, 0) is 4.79 Å². The average molecular weight is 372 g/mol. The average Bonchev–Trinajstić information content (AvgIpc) is 2.60. The number of urea groups is 1. The predicted molar refractivity (Wildman–Crippen MR) is 102 cm³/mol. The molecule has 0 aliphatic carbocycles. The molecule has 26 heavy (non-hydrogen) atoms. The number of halogens is 1. The molecule has 0 saturated carbocycles. The Bertz CT molecular complexity index is 826. The number of rotatable bonds is 5. The summed E-state index contributed by atoms with van der Waals surface area (Å²) < 4.78 is 5.48. The zero-order valence-corrected chi connectivity index (χ0v) is 14.9. The second-order valence-corrected chi connectivity index (χ2v) is 5.60. The molecular formula is C19H18ClN3O3. The number of hydrogen-bond donors (Lipinski definition) is 3. The van der Waals surface area contributed by atoms with Gasteiger partial charge in [-0.2, -0.15) is 0 Å². The number of nitrogens with one attached hydrogen (secondary N) is 3. The van der Waals surface area contributed by atoms with Crippen LogP contribution in [0.4, 0.5) is 16.2 Å². The van der Waals surface area contributed by atoms with Gasteiger partial charge in [0.15, 0.2) is 0 Å². The van der Waals surface area contributed by atoms with Gasteiger partial charge in [0.05, 0.1) is 6.54 Å². The Morgan fingerprint density at radius 2 is 1.81 bits per heavy atom. The van der Waals surface area contributed by atoms with Crippen molar-refractivity contribution in [2.45, 2.75) is 6.92 Å². The lowest BCUT2D eigenvalue weighted by Crippen LogP contribution is -2.28. The highest BCUT2D eigenvalue weighted by Gasteiger charge is 2.00. The van der Waals surface area contributed by atoms with E-state index >= 15 is 0 Å². The van der Waals surface area contributed by atoms with Gasteiger partial charge in [-0.1, -0.05) is 29.5 Å². The van der Waals surface area contributed by atoms with Crippen molar-refractivity contribution in [2.24, 2.45) is 0 Å². The van der Waals surface area contributed by atoms with Gasteiger partial charge in [0.25, 0.3) is 0 Å². The monoisotopic (exact) mass is 371 g/mol. The molecule has 0 unspecified atom stereocenters. The van der Waals surface area contributed by atoms with Crippen LogP contribution in [0, 0.1) is 11.8 Å². The van der Waals surface area contributed by atoms with Gasteiger partial charge in [-0.3, -0.25) is 4.79 Å². The van der Waals surface area contributed by atoms with Crippen LogP contribution < -0.4 is 20.7 Å². The summed E-state index contributed by atoms with van der Waals surface area (Å²) in [6.45, 7) is 1.80. The van der Waals surface area contributed by atoms with Gasteiger partial charge >= 0.3 is 6.03 Å². The second kappa shape index (κ2) is 9.97. The maximum atomic E-state index is 11.7. The van der Waals surface area contributed by atoms with Crippen molar-refractivity contribution >= 4 is 34.9 Å². The van der Waals surface area contributed by atoms with Gasteiger partial charge < -0.3 is 20.7 Å². The summed E-state index contributed by atoms with van der Waals surface area (Å²) in [4.78, 5) is 22.7. The summed E-state index contributed by atoms with van der Waals surface area (Å²) in [5.74, 6) is 6.04. The molecule has 0 aliphatic rings. The van der Waals surface area contributed by atoms with Crippen LogP contribution in [0.5, 0.6) is 5.75 Å². The Kier molecular flexibility index (Phi) is 7.34. The third-order valence-electron chi connectivity index (χ3n) is 3.03. The van der Waals surface area contributed by atoms with E-state index < -0.39 is 0 Å². The highest BCUT2D eigenvalue weighted by Crippen LogP contribution is 2.17. The molecule has 0 heterocycles. The molecule has 3 amide bonds. The van der Waals surface area contributed by atoms with Gasteiger partial charge in [-0.25, -0.2) is 4.79 Å². The number of ether oxygens (including phenoxy) is 1. The molecule has 2 aromatic carbocycles. The minimum absolute atomic E-state index is 0.148. The van der Waals surface area contributed by atoms with E-state index in [2.05, 4.69) is 27.8 Å². The van der Waals surface area contributed by atoms with E-state index in [0.717, 1.165) is 0 Å². The minimum Gasteiger partial charge on any atom is -0.481 e. The van der Waals surface area contributed by atoms with E-state index in [0.29, 0.717) is 22.1 Å². The molecule has 134 valence electrons. The van der Waals surface area contributed by atoms with Gasteiger partial charge in [0.1, 0.15) is 12.4 Å². The van der Waals surface area contributed by atoms with Crippen molar-refractivity contribution in [3.8, 4) is 17.6 Å². The number of amides is 3. The molecule has 0 fully saturated rings. The number of benzene rings is 2. The third-order valence-corrected chi connectivity index (χ3v) is 3.28. The van der Waals surface area contributed by atoms with E-state index in [1.165, 1.54) is 6.92 Å². The van der Waals surface area contributed by atoms with E-state index in [1.54, 1.807) is 48.5 Å². The lowest BCUT2D eigenvalue weighted by Gasteiger charge is -2.06. The molecule has 0 aliphatic heterocycles. The Morgan fingerprint density at radius 3 is 2.54 bits per heavy atom. The summed E-state index contributed by atoms with van der Waals surface area (Å²) in [7, 11) is 0. The largest absolute Gasteiger partial charge is 0.481 e. The van der Waals surface area contributed by atoms with Crippen molar-refractivity contribution < 1.29 is 14.3 Å². The molecular weight excluding hydrogens is 354 g/mol. The van der Waals surface area contributed by atoms with Crippen molar-refractivity contribution in [1.29, 1.82) is 0 Å². The zero-order valence-electron chi connectivity index (χ0n) is 14.1. The minimum atomic E-state index is -0.356. The van der Waals surface area contributed by atoms with Crippen LogP contribution in [0.2, 0.25) is 5.02 Å². The molecule has 0 spiro atoms. The first-order valence-corrected chi connectivity index (χ1v) is 8.17. The zero-order chi connectivity index (χ0) is 18.8. The molecule has 0 bridgehead atoms. The topological polar surface area (TPSA) is 79.5 Å². The fourth-order valence-electron chi connectivity index (χ4n) is 1.93. The lowest BCUT2D eigenvalue weighted by atomic mass is 10.3. The molecule has 3 N–H and O–H groups in total. The fourth-order valence-corrected chi connectivity index (χ4v) is 2.06. The first-order valence-electron chi connectivity index (χ1n) is 7.79. The first kappa shape index (κ1) is 19.2. The predicted octanol–water partition coefficient (Wildman–Crippen LogP) is 3.50. The number of anilines is 2. The van der Waals surface area contributed by atoms with Gasteiger partial charge in [0.2, 0.25) is 5.91 Å². The molecule has 2 rings (SSSR count). The highest BCUT2D eigenvalue weighted by atomic mass is 35.5. The summed E-state index contributed by atoms with van der Waals surface area (Å²) in [5.41, 5.74) is 1.30. The standard InChI is InChI=1S/C19H18ClN3O3/c1-14(24)22-17-5-4-6-18(13-17)26-12-3-2-11-21-19(25)23-16-9-7-15(20)8-10-16/h4-10,13H,11-12H2,1H3,(H,22,24)(H2,21,23,25). The number of carbonyl (C=O) groups is 2. The Labute approximate surface area is 156 Å². The van der Waals surface area contributed by atoms with Crippen molar-refractivity contribution in [3.63, 3.8) is 0 Å². The first-order chi connectivity index (χ1) is 12.5. The smallest absolute Gasteiger partial charge is 0.319 e. The normalized spacial score (nSPS) is 9.46. The van der Waals surface area contributed by atoms with Crippen molar-refractivity contribution in [3.05, 3.63) is 53.6 Å². The van der Waals surface area contributed by atoms with Gasteiger partial charge in [0, 0.05) is 29.4 Å². The third kappa shape index (κ3) is 7.16. The maximum Gasteiger partial charge on any atom is 0.319 e. The summed E-state index contributed by atoms with van der Waals surface area (Å²) >= 11 is 5.78. The summed E-state index contributed by atoms with van der Waals surface area (Å²) in [5, 5.41) is 8.56. The number of hydrogen-bond acceptors (Lipinski definition) is 3. The molecule has 0 radical (unpaired) electrons. The van der Waals surface area contributed by atoms with Crippen LogP contribution >= 0.6 is 11.6 Å². The quantitative estimate of drug-likeness (QED) is 0.704. The second-order valence-electron chi connectivity index (χ2n) is 5.17. The van der Waals surface area contributed by atoms with E-state index in [4.69, 9.17) is 16.3 Å². The summed E-state index contributed by atoms with van der Waals surface area (Å²) in [6, 6.07) is 13.5. The Hall–Kier alpha value is -3.17. The molecule has 7 heteroatoms. The van der Waals surface area contributed by atoms with Crippen molar-refractivity contribution in [1.82, 2.24) is 5.32 Å². The van der Waals surface area contributed by atoms with E-state index in [1.807, 2.05) is 0 Å². The number of carbonyl (C=O) groups excluding carboxylic acids is 2. The SMILES string of the molecule is CC(=O)Nc1cccc(OCC#CCNC(=O)Nc2ccc(Cl)cc2)c1.